The Bertz CT molecular complexity index is 951. The van der Waals surface area contributed by atoms with Gasteiger partial charge in [0.25, 0.3) is 5.91 Å². The lowest BCUT2D eigenvalue weighted by Gasteiger charge is -2.09. The third-order valence-electron chi connectivity index (χ3n) is 3.80. The highest BCUT2D eigenvalue weighted by Gasteiger charge is 2.30. The fraction of sp³-hybridized carbons (Fsp3) is 0.0526. The molecule has 4 nitrogen and oxygen atoms in total. The lowest BCUT2D eigenvalue weighted by atomic mass is 10.1. The van der Waals surface area contributed by atoms with Crippen LogP contribution in [0.15, 0.2) is 66.9 Å². The van der Waals surface area contributed by atoms with Gasteiger partial charge in [-0.15, -0.1) is 0 Å². The van der Waals surface area contributed by atoms with E-state index < -0.39 is 17.6 Å². The van der Waals surface area contributed by atoms with Gasteiger partial charge < -0.3 is 10.5 Å². The van der Waals surface area contributed by atoms with Gasteiger partial charge in [-0.05, 0) is 54.6 Å². The normalized spacial score (nSPS) is 11.3. The number of benzene rings is 2. The highest BCUT2D eigenvalue weighted by atomic mass is 35.5. The monoisotopic (exact) mass is 392 g/mol. The average molecular weight is 393 g/mol. The van der Waals surface area contributed by atoms with Gasteiger partial charge in [0.2, 0.25) is 5.69 Å². The molecule has 8 heteroatoms. The van der Waals surface area contributed by atoms with E-state index in [2.05, 4.69) is 5.32 Å². The second kappa shape index (κ2) is 7.28. The molecule has 1 aromatic heterocycles. The zero-order valence-electron chi connectivity index (χ0n) is 13.6. The van der Waals surface area contributed by atoms with Crippen molar-refractivity contribution >= 4 is 23.2 Å². The Kier molecular flexibility index (Phi) is 5.05. The fourth-order valence-electron chi connectivity index (χ4n) is 2.45. The lowest BCUT2D eigenvalue weighted by Crippen LogP contribution is -2.28. The topological polar surface area (TPSA) is 56.0 Å². The Morgan fingerprint density at radius 1 is 1.00 bits per heavy atom. The number of alkyl halides is 3. The summed E-state index contributed by atoms with van der Waals surface area (Å²) in [5, 5.41) is 14.7. The quantitative estimate of drug-likeness (QED) is 0.508. The molecular formula is C19H12ClF3N2O2. The van der Waals surface area contributed by atoms with Gasteiger partial charge in [-0.1, -0.05) is 11.6 Å². The molecule has 1 heterocycles. The van der Waals surface area contributed by atoms with Gasteiger partial charge in [0.1, 0.15) is 5.02 Å². The molecule has 3 aromatic rings. The van der Waals surface area contributed by atoms with E-state index in [-0.39, 0.29) is 22.0 Å². The van der Waals surface area contributed by atoms with Crippen LogP contribution in [0.5, 0.6) is 0 Å². The molecule has 0 atom stereocenters. The van der Waals surface area contributed by atoms with Crippen LogP contribution in [-0.4, -0.2) is 5.91 Å². The second-order valence-corrected chi connectivity index (χ2v) is 6.04. The molecule has 0 unspecified atom stereocenters. The number of carbonyl (C=O) groups excluding carboxylic acids is 1. The van der Waals surface area contributed by atoms with E-state index >= 15 is 0 Å². The van der Waals surface area contributed by atoms with E-state index in [4.69, 9.17) is 11.6 Å². The fourth-order valence-corrected chi connectivity index (χ4v) is 2.72. The Morgan fingerprint density at radius 2 is 1.63 bits per heavy atom. The maximum absolute atomic E-state index is 12.6. The van der Waals surface area contributed by atoms with Crippen molar-refractivity contribution in [2.75, 3.05) is 5.32 Å². The summed E-state index contributed by atoms with van der Waals surface area (Å²) in [5.74, 6) is -0.490. The summed E-state index contributed by atoms with van der Waals surface area (Å²) in [6, 6.07) is 13.4. The molecule has 0 saturated heterocycles. The zero-order valence-corrected chi connectivity index (χ0v) is 14.4. The molecule has 0 aliphatic heterocycles. The third kappa shape index (κ3) is 4.20. The van der Waals surface area contributed by atoms with Crippen molar-refractivity contribution in [3.63, 3.8) is 0 Å². The molecule has 138 valence electrons. The first-order valence-corrected chi connectivity index (χ1v) is 8.10. The van der Waals surface area contributed by atoms with Crippen LogP contribution in [-0.2, 0) is 6.18 Å². The number of halogens is 4. The molecule has 1 N–H and O–H groups in total. The van der Waals surface area contributed by atoms with Crippen molar-refractivity contribution in [1.29, 1.82) is 0 Å². The number of rotatable bonds is 3. The highest BCUT2D eigenvalue weighted by molar-refractivity contribution is 6.32. The summed E-state index contributed by atoms with van der Waals surface area (Å²) in [6.45, 7) is 0. The van der Waals surface area contributed by atoms with Crippen LogP contribution in [0.4, 0.5) is 18.9 Å². The molecule has 0 spiro atoms. The summed E-state index contributed by atoms with van der Waals surface area (Å²) < 4.78 is 38.3. The molecule has 3 rings (SSSR count). The van der Waals surface area contributed by atoms with Crippen molar-refractivity contribution in [2.45, 2.75) is 6.18 Å². The number of hydrogen-bond acceptors (Lipinski definition) is 2. The number of aromatic nitrogens is 1. The molecule has 27 heavy (non-hydrogen) atoms. The number of anilines is 1. The molecular weight excluding hydrogens is 381 g/mol. The Balaban J connectivity index is 1.76. The van der Waals surface area contributed by atoms with Crippen LogP contribution in [0.1, 0.15) is 15.9 Å². The van der Waals surface area contributed by atoms with E-state index in [0.29, 0.717) is 10.3 Å². The van der Waals surface area contributed by atoms with Gasteiger partial charge >= 0.3 is 6.18 Å². The summed E-state index contributed by atoms with van der Waals surface area (Å²) in [7, 11) is 0. The highest BCUT2D eigenvalue weighted by Crippen LogP contribution is 2.30. The largest absolute Gasteiger partial charge is 0.618 e. The number of nitrogens with zero attached hydrogens (tertiary/aromatic N) is 1. The Labute approximate surface area is 157 Å². The second-order valence-electron chi connectivity index (χ2n) is 5.64. The van der Waals surface area contributed by atoms with Gasteiger partial charge in [0.05, 0.1) is 5.56 Å². The van der Waals surface area contributed by atoms with E-state index in [0.717, 1.165) is 12.1 Å². The third-order valence-corrected chi connectivity index (χ3v) is 4.11. The van der Waals surface area contributed by atoms with Crippen LogP contribution in [0.3, 0.4) is 0 Å². The predicted molar refractivity (Wildman–Crippen MR) is 95.2 cm³/mol. The number of carbonyl (C=O) groups is 1. The first kappa shape index (κ1) is 18.7. The molecule has 0 bridgehead atoms. The van der Waals surface area contributed by atoms with Gasteiger partial charge in [-0.3, -0.25) is 4.79 Å². The van der Waals surface area contributed by atoms with E-state index in [9.17, 15) is 23.2 Å². The van der Waals surface area contributed by atoms with Gasteiger partial charge in [-0.2, -0.15) is 17.9 Å². The minimum Gasteiger partial charge on any atom is -0.618 e. The zero-order chi connectivity index (χ0) is 19.6. The standard InChI is InChI=1S/C19H12ClF3N2O2/c20-16-2-1-11-25(27)17(16)12-3-5-13(6-4-12)18(26)24-15-9-7-14(8-10-15)19(21,22)23/h1-11H,(H,24,26). The molecule has 2 aromatic carbocycles. The van der Waals surface area contributed by atoms with Crippen molar-refractivity contribution in [3.8, 4) is 11.3 Å². The number of hydrogen-bond donors (Lipinski definition) is 1. The van der Waals surface area contributed by atoms with Crippen molar-refractivity contribution < 1.29 is 22.7 Å². The maximum Gasteiger partial charge on any atom is 0.416 e. The van der Waals surface area contributed by atoms with Crippen molar-refractivity contribution in [3.05, 3.63) is 88.2 Å². The van der Waals surface area contributed by atoms with Crippen LogP contribution in [0.25, 0.3) is 11.3 Å². The first-order valence-electron chi connectivity index (χ1n) is 7.72. The number of nitrogens with one attached hydrogen (secondary N) is 1. The first-order chi connectivity index (χ1) is 12.8. The van der Waals surface area contributed by atoms with Crippen LogP contribution in [0, 0.1) is 5.21 Å². The van der Waals surface area contributed by atoms with Crippen molar-refractivity contribution in [2.24, 2.45) is 0 Å². The Hall–Kier alpha value is -3.06. The molecule has 0 aliphatic carbocycles. The minimum absolute atomic E-state index is 0.237. The Morgan fingerprint density at radius 3 is 2.19 bits per heavy atom. The van der Waals surface area contributed by atoms with E-state index in [1.165, 1.54) is 36.5 Å². The van der Waals surface area contributed by atoms with E-state index in [1.54, 1.807) is 18.2 Å². The molecule has 1 amide bonds. The predicted octanol–water partition coefficient (Wildman–Crippen LogP) is 4.91. The number of pyridine rings is 1. The summed E-state index contributed by atoms with van der Waals surface area (Å²) in [4.78, 5) is 12.3. The minimum atomic E-state index is -4.44. The van der Waals surface area contributed by atoms with E-state index in [1.807, 2.05) is 0 Å². The SMILES string of the molecule is O=C(Nc1ccc(C(F)(F)F)cc1)c1ccc(-c2c(Cl)ccc[n+]2[O-])cc1. The van der Waals surface area contributed by atoms with Crippen LogP contribution < -0.4 is 10.0 Å². The molecule has 0 fully saturated rings. The van der Waals surface area contributed by atoms with Gasteiger partial charge in [-0.25, -0.2) is 0 Å². The smallest absolute Gasteiger partial charge is 0.416 e. The van der Waals surface area contributed by atoms with Crippen LogP contribution >= 0.6 is 11.6 Å². The number of amides is 1. The summed E-state index contributed by atoms with van der Waals surface area (Å²) in [5.41, 5.74) is 0.509. The van der Waals surface area contributed by atoms with Gasteiger partial charge in [0.15, 0.2) is 6.20 Å². The average Bonchev–Trinajstić information content (AvgIpc) is 2.62. The molecule has 0 radical (unpaired) electrons. The molecule has 0 aliphatic rings. The summed E-state index contributed by atoms with van der Waals surface area (Å²) >= 11 is 6.04. The van der Waals surface area contributed by atoms with Crippen LogP contribution in [0.2, 0.25) is 5.02 Å². The molecule has 0 saturated carbocycles. The van der Waals surface area contributed by atoms with Crippen molar-refractivity contribution in [1.82, 2.24) is 0 Å². The lowest BCUT2D eigenvalue weighted by molar-refractivity contribution is -0.593. The summed E-state index contributed by atoms with van der Waals surface area (Å²) in [6.07, 6.45) is -3.12. The maximum atomic E-state index is 12.6. The van der Waals surface area contributed by atoms with Gasteiger partial charge in [0, 0.05) is 22.9 Å².